The van der Waals surface area contributed by atoms with Crippen molar-refractivity contribution >= 4 is 17.7 Å². The molecule has 1 saturated heterocycles. The molecule has 0 spiro atoms. The molecule has 0 aliphatic carbocycles. The van der Waals surface area contributed by atoms with E-state index in [4.69, 9.17) is 4.99 Å². The molecule has 3 N–H and O–H groups in total. The highest BCUT2D eigenvalue weighted by molar-refractivity contribution is 8.00. The first kappa shape index (κ1) is 18.0. The highest BCUT2D eigenvalue weighted by Crippen LogP contribution is 2.36. The van der Waals surface area contributed by atoms with Crippen molar-refractivity contribution in [2.45, 2.75) is 51.8 Å². The van der Waals surface area contributed by atoms with E-state index >= 15 is 0 Å². The highest BCUT2D eigenvalue weighted by Gasteiger charge is 2.29. The summed E-state index contributed by atoms with van der Waals surface area (Å²) in [5.74, 6) is 2.51. The first-order valence-corrected chi connectivity index (χ1v) is 9.37. The number of aliphatic imine (C=N–C) groups is 1. The second-order valence-corrected chi connectivity index (χ2v) is 8.21. The normalized spacial score (nSPS) is 21.5. The lowest BCUT2D eigenvalue weighted by molar-refractivity contribution is 0.466. The number of phenols is 1. The van der Waals surface area contributed by atoms with Crippen LogP contribution in [-0.4, -0.2) is 34.7 Å². The van der Waals surface area contributed by atoms with E-state index in [1.165, 1.54) is 18.6 Å². The van der Waals surface area contributed by atoms with Gasteiger partial charge in [-0.05, 0) is 63.0 Å². The van der Waals surface area contributed by atoms with Gasteiger partial charge in [0, 0.05) is 17.8 Å². The summed E-state index contributed by atoms with van der Waals surface area (Å²) in [6.07, 6.45) is 2.57. The number of benzene rings is 1. The lowest BCUT2D eigenvalue weighted by Crippen LogP contribution is -2.43. The maximum Gasteiger partial charge on any atom is 0.191 e. The summed E-state index contributed by atoms with van der Waals surface area (Å²) in [6, 6.07) is 4.01. The van der Waals surface area contributed by atoms with E-state index in [-0.39, 0.29) is 0 Å². The molecule has 1 aromatic rings. The lowest BCUT2D eigenvalue weighted by Gasteiger charge is -2.24. The van der Waals surface area contributed by atoms with Crippen molar-refractivity contribution in [3.05, 3.63) is 28.8 Å². The number of guanidine groups is 1. The van der Waals surface area contributed by atoms with E-state index in [1.807, 2.05) is 26.0 Å². The van der Waals surface area contributed by atoms with Crippen molar-refractivity contribution in [3.63, 3.8) is 0 Å². The number of hydrogen-bond acceptors (Lipinski definition) is 3. The van der Waals surface area contributed by atoms with E-state index in [0.29, 0.717) is 17.0 Å². The quantitative estimate of drug-likeness (QED) is 0.570. The van der Waals surface area contributed by atoms with Crippen molar-refractivity contribution in [1.82, 2.24) is 10.6 Å². The Balaban J connectivity index is 2.00. The number of aromatic hydroxyl groups is 1. The Bertz CT molecular complexity index is 542. The van der Waals surface area contributed by atoms with Crippen LogP contribution < -0.4 is 10.6 Å². The van der Waals surface area contributed by atoms with E-state index in [1.54, 1.807) is 0 Å². The topological polar surface area (TPSA) is 56.7 Å². The molecule has 1 unspecified atom stereocenters. The van der Waals surface area contributed by atoms with Crippen molar-refractivity contribution < 1.29 is 5.11 Å². The minimum Gasteiger partial charge on any atom is -0.507 e. The Morgan fingerprint density at radius 3 is 2.57 bits per heavy atom. The number of aryl methyl sites for hydroxylation is 2. The van der Waals surface area contributed by atoms with Crippen LogP contribution in [0.5, 0.6) is 5.75 Å². The average Bonchev–Trinajstić information content (AvgIpc) is 2.94. The molecule has 1 aliphatic heterocycles. The zero-order chi connectivity index (χ0) is 16.9. The van der Waals surface area contributed by atoms with Gasteiger partial charge in [-0.1, -0.05) is 12.1 Å². The standard InChI is InChI=1S/C18H29N3OS/c1-5-19-17(21-12-18(4)7-6-8-23-18)20-11-15-9-13(2)16(22)14(3)10-15/h9-10,22H,5-8,11-12H2,1-4H3,(H2,19,20,21). The Hall–Kier alpha value is -1.36. The lowest BCUT2D eigenvalue weighted by atomic mass is 10.1. The fourth-order valence-corrected chi connectivity index (χ4v) is 4.14. The molecule has 1 aliphatic rings. The van der Waals surface area contributed by atoms with Gasteiger partial charge in [-0.3, -0.25) is 0 Å². The van der Waals surface area contributed by atoms with Gasteiger partial charge in [-0.15, -0.1) is 0 Å². The monoisotopic (exact) mass is 335 g/mol. The molecule has 1 aromatic carbocycles. The minimum absolute atomic E-state index is 0.321. The Morgan fingerprint density at radius 2 is 2.00 bits per heavy atom. The predicted octanol–water partition coefficient (Wildman–Crippen LogP) is 3.35. The number of hydrogen-bond donors (Lipinski definition) is 3. The highest BCUT2D eigenvalue weighted by atomic mass is 32.2. The molecular weight excluding hydrogens is 306 g/mol. The number of nitrogens with one attached hydrogen (secondary N) is 2. The van der Waals surface area contributed by atoms with Gasteiger partial charge in [0.1, 0.15) is 5.75 Å². The van der Waals surface area contributed by atoms with Gasteiger partial charge in [0.2, 0.25) is 0 Å². The average molecular weight is 336 g/mol. The molecule has 1 fully saturated rings. The van der Waals surface area contributed by atoms with Crippen molar-refractivity contribution in [3.8, 4) is 5.75 Å². The molecule has 23 heavy (non-hydrogen) atoms. The summed E-state index contributed by atoms with van der Waals surface area (Å²) in [4.78, 5) is 4.69. The maximum absolute atomic E-state index is 9.86. The second-order valence-electron chi connectivity index (χ2n) is 6.53. The van der Waals surface area contributed by atoms with Crippen LogP contribution in [-0.2, 0) is 6.54 Å². The third-order valence-corrected chi connectivity index (χ3v) is 5.78. The predicted molar refractivity (Wildman–Crippen MR) is 100 cm³/mol. The number of phenolic OH excluding ortho intramolecular Hbond substituents is 1. The molecule has 1 heterocycles. The fourth-order valence-electron chi connectivity index (χ4n) is 2.90. The van der Waals surface area contributed by atoms with Crippen LogP contribution in [0.4, 0.5) is 0 Å². The van der Waals surface area contributed by atoms with Gasteiger partial charge >= 0.3 is 0 Å². The van der Waals surface area contributed by atoms with Gasteiger partial charge in [-0.25, -0.2) is 4.99 Å². The van der Waals surface area contributed by atoms with Crippen LogP contribution in [0, 0.1) is 13.8 Å². The van der Waals surface area contributed by atoms with Gasteiger partial charge in [0.25, 0.3) is 0 Å². The van der Waals surface area contributed by atoms with Crippen molar-refractivity contribution in [2.75, 3.05) is 18.8 Å². The van der Waals surface area contributed by atoms with Crippen LogP contribution in [0.3, 0.4) is 0 Å². The van der Waals surface area contributed by atoms with E-state index in [0.717, 1.165) is 35.7 Å². The van der Waals surface area contributed by atoms with Crippen molar-refractivity contribution in [1.29, 1.82) is 0 Å². The summed E-state index contributed by atoms with van der Waals surface area (Å²) in [5.41, 5.74) is 2.93. The van der Waals surface area contributed by atoms with Gasteiger partial charge < -0.3 is 15.7 Å². The number of thioether (sulfide) groups is 1. The molecule has 0 bridgehead atoms. The SMILES string of the molecule is CCNC(=NCc1cc(C)c(O)c(C)c1)NCC1(C)CCCS1. The van der Waals surface area contributed by atoms with E-state index in [2.05, 4.69) is 36.2 Å². The smallest absolute Gasteiger partial charge is 0.191 e. The first-order valence-electron chi connectivity index (χ1n) is 8.39. The van der Waals surface area contributed by atoms with Crippen LogP contribution in [0.1, 0.15) is 43.4 Å². The molecular formula is C18H29N3OS. The molecule has 5 heteroatoms. The van der Waals surface area contributed by atoms with E-state index in [9.17, 15) is 5.11 Å². The summed E-state index contributed by atoms with van der Waals surface area (Å²) in [6.45, 7) is 10.7. The van der Waals surface area contributed by atoms with Crippen LogP contribution in [0.25, 0.3) is 0 Å². The van der Waals surface area contributed by atoms with Crippen molar-refractivity contribution in [2.24, 2.45) is 4.99 Å². The van der Waals surface area contributed by atoms with Crippen LogP contribution >= 0.6 is 11.8 Å². The molecule has 0 aromatic heterocycles. The molecule has 128 valence electrons. The summed E-state index contributed by atoms with van der Waals surface area (Å²) in [7, 11) is 0. The number of rotatable bonds is 5. The third-order valence-electron chi connectivity index (χ3n) is 4.25. The molecule has 1 atom stereocenters. The minimum atomic E-state index is 0.321. The molecule has 0 saturated carbocycles. The van der Waals surface area contributed by atoms with Crippen LogP contribution in [0.2, 0.25) is 0 Å². The van der Waals surface area contributed by atoms with Crippen LogP contribution in [0.15, 0.2) is 17.1 Å². The first-order chi connectivity index (χ1) is 10.9. The maximum atomic E-state index is 9.86. The zero-order valence-corrected chi connectivity index (χ0v) is 15.5. The molecule has 2 rings (SSSR count). The molecule has 0 radical (unpaired) electrons. The summed E-state index contributed by atoms with van der Waals surface area (Å²) < 4.78 is 0.321. The third kappa shape index (κ3) is 5.06. The zero-order valence-electron chi connectivity index (χ0n) is 14.7. The van der Waals surface area contributed by atoms with Gasteiger partial charge in [0.15, 0.2) is 5.96 Å². The Morgan fingerprint density at radius 1 is 1.30 bits per heavy atom. The largest absolute Gasteiger partial charge is 0.507 e. The van der Waals surface area contributed by atoms with Gasteiger partial charge in [0.05, 0.1) is 6.54 Å². The summed E-state index contributed by atoms with van der Waals surface area (Å²) >= 11 is 2.05. The Kier molecular flexibility index (Phi) is 6.22. The second kappa shape index (κ2) is 7.95. The summed E-state index contributed by atoms with van der Waals surface area (Å²) in [5, 5.41) is 16.7. The van der Waals surface area contributed by atoms with E-state index < -0.39 is 0 Å². The Labute approximate surface area is 144 Å². The fraction of sp³-hybridized carbons (Fsp3) is 0.611. The van der Waals surface area contributed by atoms with Gasteiger partial charge in [-0.2, -0.15) is 11.8 Å². The number of nitrogens with zero attached hydrogens (tertiary/aromatic N) is 1. The molecule has 0 amide bonds. The molecule has 4 nitrogen and oxygen atoms in total.